The fourth-order valence-corrected chi connectivity index (χ4v) is 6.15. The summed E-state index contributed by atoms with van der Waals surface area (Å²) in [6.07, 6.45) is 0. The SMILES string of the molecule is Cc1ccc(Nc2ccccc2P(=O)(c2ccccc2)c2ccccc2)cc1. The summed E-state index contributed by atoms with van der Waals surface area (Å²) in [6.45, 7) is 2.07. The molecule has 0 aliphatic heterocycles. The average Bonchev–Trinajstić information content (AvgIpc) is 2.76. The van der Waals surface area contributed by atoms with Gasteiger partial charge in [-0.3, -0.25) is 0 Å². The molecule has 0 aliphatic rings. The zero-order chi connectivity index (χ0) is 19.4. The van der Waals surface area contributed by atoms with Crippen LogP contribution in [-0.2, 0) is 4.57 Å². The quantitative estimate of drug-likeness (QED) is 0.469. The maximum atomic E-state index is 14.6. The molecule has 4 rings (SSSR count). The summed E-state index contributed by atoms with van der Waals surface area (Å²) in [5.74, 6) is 0. The van der Waals surface area contributed by atoms with Crippen molar-refractivity contribution in [2.45, 2.75) is 6.92 Å². The summed E-state index contributed by atoms with van der Waals surface area (Å²) in [4.78, 5) is 0. The second-order valence-electron chi connectivity index (χ2n) is 6.79. The van der Waals surface area contributed by atoms with Gasteiger partial charge in [-0.05, 0) is 31.2 Å². The van der Waals surface area contributed by atoms with Crippen molar-refractivity contribution >= 4 is 34.4 Å². The zero-order valence-electron chi connectivity index (χ0n) is 15.7. The molecule has 2 nitrogen and oxygen atoms in total. The highest BCUT2D eigenvalue weighted by Crippen LogP contribution is 2.44. The maximum absolute atomic E-state index is 14.6. The molecule has 1 N–H and O–H groups in total. The molecule has 28 heavy (non-hydrogen) atoms. The first-order valence-electron chi connectivity index (χ1n) is 9.32. The van der Waals surface area contributed by atoms with Gasteiger partial charge >= 0.3 is 0 Å². The Morgan fingerprint density at radius 2 is 1.11 bits per heavy atom. The number of hydrogen-bond donors (Lipinski definition) is 1. The first-order valence-corrected chi connectivity index (χ1v) is 11.0. The van der Waals surface area contributed by atoms with Crippen LogP contribution in [0.5, 0.6) is 0 Å². The van der Waals surface area contributed by atoms with E-state index in [9.17, 15) is 4.57 Å². The van der Waals surface area contributed by atoms with Gasteiger partial charge < -0.3 is 9.88 Å². The van der Waals surface area contributed by atoms with Crippen LogP contribution in [0, 0.1) is 6.92 Å². The van der Waals surface area contributed by atoms with Crippen molar-refractivity contribution in [1.29, 1.82) is 0 Å². The number of hydrogen-bond acceptors (Lipinski definition) is 2. The lowest BCUT2D eigenvalue weighted by atomic mass is 10.2. The fourth-order valence-electron chi connectivity index (χ4n) is 3.35. The number of nitrogens with one attached hydrogen (secondary N) is 1. The highest BCUT2D eigenvalue weighted by atomic mass is 31.2. The van der Waals surface area contributed by atoms with E-state index in [1.807, 2.05) is 97.1 Å². The molecule has 0 saturated carbocycles. The van der Waals surface area contributed by atoms with Gasteiger partial charge in [0.2, 0.25) is 0 Å². The monoisotopic (exact) mass is 383 g/mol. The first-order chi connectivity index (χ1) is 13.7. The molecule has 0 aromatic heterocycles. The summed E-state index contributed by atoms with van der Waals surface area (Å²) < 4.78 is 14.6. The molecule has 0 atom stereocenters. The van der Waals surface area contributed by atoms with Crippen molar-refractivity contribution in [3.8, 4) is 0 Å². The van der Waals surface area contributed by atoms with Crippen molar-refractivity contribution in [2.75, 3.05) is 5.32 Å². The van der Waals surface area contributed by atoms with Crippen molar-refractivity contribution in [3.05, 3.63) is 115 Å². The van der Waals surface area contributed by atoms with Gasteiger partial charge in [-0.1, -0.05) is 90.5 Å². The smallest absolute Gasteiger partial charge is 0.173 e. The van der Waals surface area contributed by atoms with Crippen LogP contribution in [0.4, 0.5) is 11.4 Å². The van der Waals surface area contributed by atoms with Gasteiger partial charge in [0.05, 0.1) is 0 Å². The van der Waals surface area contributed by atoms with E-state index in [-0.39, 0.29) is 0 Å². The van der Waals surface area contributed by atoms with Crippen molar-refractivity contribution in [1.82, 2.24) is 0 Å². The van der Waals surface area contributed by atoms with E-state index in [1.165, 1.54) is 5.56 Å². The van der Waals surface area contributed by atoms with Crippen LogP contribution in [-0.4, -0.2) is 0 Å². The Labute approximate surface area is 166 Å². The van der Waals surface area contributed by atoms with Crippen LogP contribution < -0.4 is 21.2 Å². The molecule has 0 spiro atoms. The molecule has 0 unspecified atom stereocenters. The van der Waals surface area contributed by atoms with Gasteiger partial charge in [0.15, 0.2) is 7.14 Å². The summed E-state index contributed by atoms with van der Waals surface area (Å²) in [6, 6.07) is 35.6. The molecule has 4 aromatic rings. The Morgan fingerprint density at radius 3 is 1.68 bits per heavy atom. The van der Waals surface area contributed by atoms with E-state index >= 15 is 0 Å². The second kappa shape index (κ2) is 7.88. The molecule has 0 saturated heterocycles. The third-order valence-electron chi connectivity index (χ3n) is 4.81. The van der Waals surface area contributed by atoms with E-state index in [0.29, 0.717) is 0 Å². The van der Waals surface area contributed by atoms with E-state index in [0.717, 1.165) is 27.3 Å². The number of anilines is 2. The van der Waals surface area contributed by atoms with Crippen LogP contribution >= 0.6 is 7.14 Å². The molecular weight excluding hydrogens is 361 g/mol. The van der Waals surface area contributed by atoms with Gasteiger partial charge in [0.25, 0.3) is 0 Å². The van der Waals surface area contributed by atoms with Gasteiger partial charge in [-0.25, -0.2) is 0 Å². The van der Waals surface area contributed by atoms with E-state index in [4.69, 9.17) is 0 Å². The minimum absolute atomic E-state index is 0.813. The molecule has 0 amide bonds. The number of para-hydroxylation sites is 1. The average molecular weight is 383 g/mol. The predicted octanol–water partition coefficient (Wildman–Crippen LogP) is 5.38. The molecular formula is C25H22NOP. The molecule has 0 bridgehead atoms. The molecule has 4 aromatic carbocycles. The third-order valence-corrected chi connectivity index (χ3v) is 7.93. The highest BCUT2D eigenvalue weighted by molar-refractivity contribution is 7.85. The van der Waals surface area contributed by atoms with Gasteiger partial charge in [-0.15, -0.1) is 0 Å². The second-order valence-corrected chi connectivity index (χ2v) is 9.52. The van der Waals surface area contributed by atoms with Crippen LogP contribution in [0.1, 0.15) is 5.56 Å². The fraction of sp³-hybridized carbons (Fsp3) is 0.0400. The van der Waals surface area contributed by atoms with Gasteiger partial charge in [0, 0.05) is 27.3 Å². The lowest BCUT2D eigenvalue weighted by molar-refractivity contribution is 0.592. The number of rotatable bonds is 5. The summed E-state index contributed by atoms with van der Waals surface area (Å²) in [5.41, 5.74) is 3.05. The molecule has 0 fully saturated rings. The normalized spacial score (nSPS) is 11.2. The lowest BCUT2D eigenvalue weighted by Gasteiger charge is -2.23. The van der Waals surface area contributed by atoms with Crippen molar-refractivity contribution in [3.63, 3.8) is 0 Å². The summed E-state index contributed by atoms with van der Waals surface area (Å²) in [7, 11) is -3.02. The lowest BCUT2D eigenvalue weighted by Crippen LogP contribution is -2.26. The summed E-state index contributed by atoms with van der Waals surface area (Å²) in [5, 5.41) is 5.95. The van der Waals surface area contributed by atoms with Crippen molar-refractivity contribution in [2.24, 2.45) is 0 Å². The Kier molecular flexibility index (Phi) is 5.14. The number of benzene rings is 4. The van der Waals surface area contributed by atoms with E-state index < -0.39 is 7.14 Å². The highest BCUT2D eigenvalue weighted by Gasteiger charge is 2.31. The van der Waals surface area contributed by atoms with E-state index in [1.54, 1.807) is 0 Å². The Hall–Kier alpha value is -3.09. The first kappa shape index (κ1) is 18.3. The van der Waals surface area contributed by atoms with Crippen LogP contribution in [0.3, 0.4) is 0 Å². The van der Waals surface area contributed by atoms with Gasteiger partial charge in [0.1, 0.15) is 0 Å². The largest absolute Gasteiger partial charge is 0.355 e. The third kappa shape index (κ3) is 3.52. The van der Waals surface area contributed by atoms with Crippen LogP contribution in [0.2, 0.25) is 0 Å². The maximum Gasteiger partial charge on any atom is 0.173 e. The topological polar surface area (TPSA) is 29.1 Å². The Morgan fingerprint density at radius 1 is 0.607 bits per heavy atom. The van der Waals surface area contributed by atoms with Crippen molar-refractivity contribution < 1.29 is 4.57 Å². The van der Waals surface area contributed by atoms with E-state index in [2.05, 4.69) is 24.4 Å². The zero-order valence-corrected chi connectivity index (χ0v) is 16.6. The minimum Gasteiger partial charge on any atom is -0.355 e. The van der Waals surface area contributed by atoms with Crippen LogP contribution in [0.15, 0.2) is 109 Å². The number of aryl methyl sites for hydroxylation is 1. The minimum atomic E-state index is -3.02. The predicted molar refractivity (Wildman–Crippen MR) is 120 cm³/mol. The molecule has 0 heterocycles. The molecule has 3 heteroatoms. The molecule has 138 valence electrons. The standard InChI is InChI=1S/C25H22NOP/c1-20-16-18-21(19-17-20)26-24-14-8-9-15-25(24)28(27,22-10-4-2-5-11-22)23-12-6-3-7-13-23/h2-19,26H,1H3. The molecule has 0 radical (unpaired) electrons. The van der Waals surface area contributed by atoms with Crippen LogP contribution in [0.25, 0.3) is 0 Å². The molecule has 0 aliphatic carbocycles. The van der Waals surface area contributed by atoms with Gasteiger partial charge in [-0.2, -0.15) is 0 Å². The Balaban J connectivity index is 1.89. The summed E-state index contributed by atoms with van der Waals surface area (Å²) >= 11 is 0. The Bertz CT molecular complexity index is 1060.